The zero-order valence-corrected chi connectivity index (χ0v) is 14.4. The van der Waals surface area contributed by atoms with Gasteiger partial charge in [0.1, 0.15) is 5.69 Å². The third-order valence-corrected chi connectivity index (χ3v) is 4.05. The van der Waals surface area contributed by atoms with Crippen LogP contribution in [0.15, 0.2) is 24.7 Å². The van der Waals surface area contributed by atoms with Crippen LogP contribution < -0.4 is 5.32 Å². The van der Waals surface area contributed by atoms with E-state index in [1.807, 2.05) is 13.8 Å². The Morgan fingerprint density at radius 1 is 1.32 bits per heavy atom. The van der Waals surface area contributed by atoms with E-state index in [2.05, 4.69) is 15.5 Å². The topological polar surface area (TPSA) is 94.3 Å². The van der Waals surface area contributed by atoms with Gasteiger partial charge < -0.3 is 15.0 Å². The molecule has 3 heterocycles. The number of anilines is 1. The fourth-order valence-electron chi connectivity index (χ4n) is 2.63. The van der Waals surface area contributed by atoms with E-state index in [1.54, 1.807) is 38.9 Å². The molecule has 9 nitrogen and oxygen atoms in total. The molecule has 3 rings (SSSR count). The number of nitrogens with zero attached hydrogens (tertiary/aromatic N) is 5. The number of aryl methyl sites for hydroxylation is 2. The predicted octanol–water partition coefficient (Wildman–Crippen LogP) is 0.599. The Kier molecular flexibility index (Phi) is 5.13. The fourth-order valence-corrected chi connectivity index (χ4v) is 2.63. The predicted molar refractivity (Wildman–Crippen MR) is 90.1 cm³/mol. The molecule has 1 aliphatic rings. The first kappa shape index (κ1) is 17.2. The minimum absolute atomic E-state index is 0.188. The molecule has 0 radical (unpaired) electrons. The van der Waals surface area contributed by atoms with Gasteiger partial charge in [-0.15, -0.1) is 0 Å². The van der Waals surface area contributed by atoms with Gasteiger partial charge in [0.2, 0.25) is 0 Å². The van der Waals surface area contributed by atoms with Gasteiger partial charge in [-0.25, -0.2) is 0 Å². The van der Waals surface area contributed by atoms with Crippen LogP contribution in [0.4, 0.5) is 5.69 Å². The van der Waals surface area contributed by atoms with Gasteiger partial charge in [0.15, 0.2) is 6.10 Å². The first-order valence-corrected chi connectivity index (χ1v) is 8.38. The molecule has 0 aromatic carbocycles. The second-order valence-corrected chi connectivity index (χ2v) is 5.74. The van der Waals surface area contributed by atoms with Gasteiger partial charge >= 0.3 is 0 Å². The molecule has 1 fully saturated rings. The summed E-state index contributed by atoms with van der Waals surface area (Å²) in [6.07, 6.45) is 4.39. The number of rotatable bonds is 5. The normalized spacial score (nSPS) is 17.5. The molecule has 2 amide bonds. The molecule has 1 unspecified atom stereocenters. The Balaban J connectivity index is 1.61. The Morgan fingerprint density at radius 3 is 2.80 bits per heavy atom. The number of ether oxygens (including phenoxy) is 1. The number of carbonyl (C=O) groups excluding carboxylic acids is 2. The molecule has 1 atom stereocenters. The van der Waals surface area contributed by atoms with Crippen molar-refractivity contribution in [3.05, 3.63) is 30.4 Å². The van der Waals surface area contributed by atoms with Crippen molar-refractivity contribution < 1.29 is 14.3 Å². The summed E-state index contributed by atoms with van der Waals surface area (Å²) in [5, 5.41) is 11.1. The van der Waals surface area contributed by atoms with Crippen molar-refractivity contribution in [1.82, 2.24) is 24.5 Å². The highest BCUT2D eigenvalue weighted by molar-refractivity contribution is 5.96. The highest BCUT2D eigenvalue weighted by Gasteiger charge is 2.30. The maximum absolute atomic E-state index is 12.5. The van der Waals surface area contributed by atoms with Crippen molar-refractivity contribution in [2.24, 2.45) is 0 Å². The van der Waals surface area contributed by atoms with Gasteiger partial charge in [0.25, 0.3) is 11.8 Å². The largest absolute Gasteiger partial charge is 0.365 e. The van der Waals surface area contributed by atoms with E-state index in [0.717, 1.165) is 6.54 Å². The summed E-state index contributed by atoms with van der Waals surface area (Å²) < 4.78 is 8.95. The Hall–Kier alpha value is -2.68. The first-order valence-electron chi connectivity index (χ1n) is 8.38. The van der Waals surface area contributed by atoms with Crippen LogP contribution in [0, 0.1) is 0 Å². The number of morpholine rings is 1. The summed E-state index contributed by atoms with van der Waals surface area (Å²) in [6, 6.07) is 1.69. The van der Waals surface area contributed by atoms with Crippen LogP contribution in [0.1, 0.15) is 24.3 Å². The molecule has 1 saturated heterocycles. The number of hydrogen-bond acceptors (Lipinski definition) is 5. The average Bonchev–Trinajstić information content (AvgIpc) is 3.30. The number of aromatic nitrogens is 4. The smallest absolute Gasteiger partial charge is 0.274 e. The quantitative estimate of drug-likeness (QED) is 0.855. The van der Waals surface area contributed by atoms with E-state index in [0.29, 0.717) is 31.1 Å². The maximum Gasteiger partial charge on any atom is 0.274 e. The van der Waals surface area contributed by atoms with E-state index in [4.69, 9.17) is 4.74 Å². The Bertz CT molecular complexity index is 753. The standard InChI is InChI=1S/C16H22N6O3/c1-3-21-6-5-13(19-21)16(24)20-7-8-25-14(11-20)15(23)18-12-9-17-22(4-2)10-12/h5-6,9-10,14H,3-4,7-8,11H2,1-2H3,(H,18,23). The summed E-state index contributed by atoms with van der Waals surface area (Å²) in [5.74, 6) is -0.473. The third kappa shape index (κ3) is 3.87. The molecule has 0 saturated carbocycles. The van der Waals surface area contributed by atoms with Crippen LogP contribution >= 0.6 is 0 Å². The summed E-state index contributed by atoms with van der Waals surface area (Å²) in [6.45, 7) is 6.30. The van der Waals surface area contributed by atoms with Crippen LogP contribution in [0.3, 0.4) is 0 Å². The Morgan fingerprint density at radius 2 is 2.12 bits per heavy atom. The average molecular weight is 346 g/mol. The molecule has 134 valence electrons. The maximum atomic E-state index is 12.5. The first-order chi connectivity index (χ1) is 12.1. The van der Waals surface area contributed by atoms with Crippen molar-refractivity contribution in [3.8, 4) is 0 Å². The van der Waals surface area contributed by atoms with Gasteiger partial charge in [-0.1, -0.05) is 0 Å². The SMILES string of the molecule is CCn1cc(NC(=O)C2CN(C(=O)c3ccn(CC)n3)CCO2)cn1. The summed E-state index contributed by atoms with van der Waals surface area (Å²) in [5.41, 5.74) is 0.993. The molecule has 9 heteroatoms. The summed E-state index contributed by atoms with van der Waals surface area (Å²) >= 11 is 0. The van der Waals surface area contributed by atoms with E-state index < -0.39 is 6.10 Å². The van der Waals surface area contributed by atoms with Crippen LogP contribution in [0.25, 0.3) is 0 Å². The lowest BCUT2D eigenvalue weighted by Gasteiger charge is -2.31. The second-order valence-electron chi connectivity index (χ2n) is 5.74. The second kappa shape index (κ2) is 7.47. The van der Waals surface area contributed by atoms with Crippen molar-refractivity contribution in [1.29, 1.82) is 0 Å². The van der Waals surface area contributed by atoms with E-state index >= 15 is 0 Å². The number of nitrogens with one attached hydrogen (secondary N) is 1. The van der Waals surface area contributed by atoms with Crippen molar-refractivity contribution in [2.75, 3.05) is 25.0 Å². The lowest BCUT2D eigenvalue weighted by molar-refractivity contribution is -0.131. The minimum Gasteiger partial charge on any atom is -0.365 e. The van der Waals surface area contributed by atoms with Crippen LogP contribution in [0.5, 0.6) is 0 Å². The van der Waals surface area contributed by atoms with E-state index in [1.165, 1.54) is 0 Å². The molecular weight excluding hydrogens is 324 g/mol. The molecule has 1 N–H and O–H groups in total. The van der Waals surface area contributed by atoms with Crippen LogP contribution in [0.2, 0.25) is 0 Å². The van der Waals surface area contributed by atoms with Gasteiger partial charge in [0, 0.05) is 32.0 Å². The summed E-state index contributed by atoms with van der Waals surface area (Å²) in [4.78, 5) is 26.5. The van der Waals surface area contributed by atoms with Gasteiger partial charge in [-0.05, 0) is 19.9 Å². The zero-order chi connectivity index (χ0) is 17.8. The lowest BCUT2D eigenvalue weighted by atomic mass is 10.2. The Labute approximate surface area is 145 Å². The van der Waals surface area contributed by atoms with Crippen molar-refractivity contribution in [3.63, 3.8) is 0 Å². The van der Waals surface area contributed by atoms with E-state index in [9.17, 15) is 9.59 Å². The molecule has 0 spiro atoms. The van der Waals surface area contributed by atoms with Crippen LogP contribution in [-0.4, -0.2) is 62.1 Å². The van der Waals surface area contributed by atoms with Crippen molar-refractivity contribution in [2.45, 2.75) is 33.0 Å². The lowest BCUT2D eigenvalue weighted by Crippen LogP contribution is -2.50. The number of carbonyl (C=O) groups is 2. The fraction of sp³-hybridized carbons (Fsp3) is 0.500. The summed E-state index contributed by atoms with van der Waals surface area (Å²) in [7, 11) is 0. The molecule has 25 heavy (non-hydrogen) atoms. The minimum atomic E-state index is -0.712. The molecule has 0 bridgehead atoms. The molecule has 2 aromatic rings. The molecule has 2 aromatic heterocycles. The molecule has 0 aliphatic carbocycles. The van der Waals surface area contributed by atoms with Gasteiger partial charge in [-0.2, -0.15) is 10.2 Å². The van der Waals surface area contributed by atoms with E-state index in [-0.39, 0.29) is 18.4 Å². The molecule has 1 aliphatic heterocycles. The number of amides is 2. The highest BCUT2D eigenvalue weighted by Crippen LogP contribution is 2.12. The number of hydrogen-bond donors (Lipinski definition) is 1. The monoisotopic (exact) mass is 346 g/mol. The zero-order valence-electron chi connectivity index (χ0n) is 14.4. The van der Waals surface area contributed by atoms with Gasteiger partial charge in [0.05, 0.1) is 25.0 Å². The molecular formula is C16H22N6O3. The van der Waals surface area contributed by atoms with Crippen LogP contribution in [-0.2, 0) is 22.6 Å². The third-order valence-electron chi connectivity index (χ3n) is 4.05. The van der Waals surface area contributed by atoms with Crippen molar-refractivity contribution >= 4 is 17.5 Å². The van der Waals surface area contributed by atoms with Gasteiger partial charge in [-0.3, -0.25) is 19.0 Å². The highest BCUT2D eigenvalue weighted by atomic mass is 16.5.